The van der Waals surface area contributed by atoms with E-state index < -0.39 is 4.92 Å². The van der Waals surface area contributed by atoms with Gasteiger partial charge in [-0.25, -0.2) is 0 Å². The Hall–Kier alpha value is -3.35. The van der Waals surface area contributed by atoms with Crippen LogP contribution in [0.15, 0.2) is 41.0 Å². The largest absolute Gasteiger partial charge is 0.872 e. The zero-order chi connectivity index (χ0) is 18.8. The average Bonchev–Trinajstić information content (AvgIpc) is 3.00. The van der Waals surface area contributed by atoms with Gasteiger partial charge in [-0.2, -0.15) is 0 Å². The normalized spacial score (nSPS) is 10.8. The molecule has 134 valence electrons. The van der Waals surface area contributed by atoms with E-state index >= 15 is 0 Å². The van der Waals surface area contributed by atoms with Gasteiger partial charge < -0.3 is 14.8 Å². The van der Waals surface area contributed by atoms with Gasteiger partial charge in [0, 0.05) is 29.6 Å². The molecule has 1 aromatic heterocycles. The van der Waals surface area contributed by atoms with Crippen molar-refractivity contribution in [2.45, 2.75) is 26.8 Å². The van der Waals surface area contributed by atoms with Crippen molar-refractivity contribution >= 4 is 22.6 Å². The molecular formula is C19H17N2O5-. The highest BCUT2D eigenvalue weighted by Gasteiger charge is 2.13. The van der Waals surface area contributed by atoms with E-state index in [1.807, 2.05) is 26.0 Å². The molecule has 0 spiro atoms. The van der Waals surface area contributed by atoms with Crippen LogP contribution >= 0.6 is 0 Å². The lowest BCUT2D eigenvalue weighted by molar-refractivity contribution is -0.385. The van der Waals surface area contributed by atoms with Crippen molar-refractivity contribution in [2.24, 2.45) is 0 Å². The number of nitro benzene ring substituents is 1. The van der Waals surface area contributed by atoms with Gasteiger partial charge in [0.15, 0.2) is 0 Å². The molecule has 0 bridgehead atoms. The number of carbonyl (C=O) groups excluding carboxylic acids is 1. The van der Waals surface area contributed by atoms with E-state index in [2.05, 4.69) is 5.32 Å². The number of furan rings is 1. The molecule has 2 aromatic carbocycles. The number of amides is 1. The fraction of sp³-hybridized carbons (Fsp3) is 0.211. The van der Waals surface area contributed by atoms with Gasteiger partial charge in [0.1, 0.15) is 5.58 Å². The van der Waals surface area contributed by atoms with E-state index in [-0.39, 0.29) is 35.9 Å². The molecule has 3 rings (SSSR count). The summed E-state index contributed by atoms with van der Waals surface area (Å²) in [5, 5.41) is 26.1. The summed E-state index contributed by atoms with van der Waals surface area (Å²) in [5.74, 6) is -0.646. The summed E-state index contributed by atoms with van der Waals surface area (Å²) < 4.78 is 5.58. The first-order valence-corrected chi connectivity index (χ1v) is 8.04. The number of hydrogen-bond acceptors (Lipinski definition) is 5. The molecule has 7 nitrogen and oxygen atoms in total. The van der Waals surface area contributed by atoms with E-state index in [0.29, 0.717) is 0 Å². The molecule has 0 saturated carbocycles. The summed E-state index contributed by atoms with van der Waals surface area (Å²) >= 11 is 0. The molecule has 0 fully saturated rings. The van der Waals surface area contributed by atoms with E-state index in [9.17, 15) is 20.0 Å². The van der Waals surface area contributed by atoms with Gasteiger partial charge in [-0.3, -0.25) is 14.9 Å². The van der Waals surface area contributed by atoms with E-state index in [4.69, 9.17) is 4.42 Å². The van der Waals surface area contributed by atoms with Crippen LogP contribution in [0.1, 0.15) is 22.3 Å². The van der Waals surface area contributed by atoms with Gasteiger partial charge >= 0.3 is 0 Å². The highest BCUT2D eigenvalue weighted by atomic mass is 16.6. The lowest BCUT2D eigenvalue weighted by Gasteiger charge is -2.13. The summed E-state index contributed by atoms with van der Waals surface area (Å²) in [6.45, 7) is 3.89. The molecule has 0 unspecified atom stereocenters. The number of fused-ring (bicyclic) bond motifs is 1. The minimum atomic E-state index is -0.577. The number of benzene rings is 2. The molecule has 26 heavy (non-hydrogen) atoms. The van der Waals surface area contributed by atoms with E-state index in [1.54, 1.807) is 6.26 Å². The summed E-state index contributed by atoms with van der Waals surface area (Å²) in [4.78, 5) is 22.4. The monoisotopic (exact) mass is 353 g/mol. The first-order chi connectivity index (χ1) is 12.4. The number of rotatable bonds is 5. The highest BCUT2D eigenvalue weighted by molar-refractivity contribution is 5.89. The Balaban J connectivity index is 1.71. The van der Waals surface area contributed by atoms with Crippen LogP contribution in [-0.2, 0) is 17.8 Å². The summed E-state index contributed by atoms with van der Waals surface area (Å²) in [7, 11) is 0. The van der Waals surface area contributed by atoms with E-state index in [0.717, 1.165) is 39.8 Å². The molecule has 0 aliphatic heterocycles. The first-order valence-electron chi connectivity index (χ1n) is 8.04. The number of carbonyl (C=O) groups is 1. The Morgan fingerprint density at radius 1 is 1.19 bits per heavy atom. The van der Waals surface area contributed by atoms with Crippen LogP contribution < -0.4 is 10.4 Å². The smallest absolute Gasteiger partial charge is 0.269 e. The molecule has 0 atom stereocenters. The zero-order valence-corrected chi connectivity index (χ0v) is 14.4. The lowest BCUT2D eigenvalue weighted by Crippen LogP contribution is -2.25. The minimum absolute atomic E-state index is 0.0622. The number of non-ortho nitro benzene ring substituents is 1. The van der Waals surface area contributed by atoms with Crippen molar-refractivity contribution in [3.8, 4) is 5.75 Å². The number of aryl methyl sites for hydroxylation is 2. The predicted octanol–water partition coefficient (Wildman–Crippen LogP) is 2.89. The Bertz CT molecular complexity index is 1010. The van der Waals surface area contributed by atoms with Crippen molar-refractivity contribution in [1.82, 2.24) is 5.32 Å². The standard InChI is InChI=1S/C19H18N2O5/c1-11-3-5-16-14(10-26-19(16)12(11)2)8-18(23)20-9-13-7-15(21(24)25)4-6-17(13)22/h3-7,10,22H,8-9H2,1-2H3,(H,20,23)/p-1. The summed E-state index contributed by atoms with van der Waals surface area (Å²) in [5.41, 5.74) is 3.64. The third-order valence-corrected chi connectivity index (χ3v) is 4.42. The van der Waals surface area contributed by atoms with Crippen molar-refractivity contribution < 1.29 is 19.2 Å². The summed E-state index contributed by atoms with van der Waals surface area (Å²) in [6, 6.07) is 7.35. The SMILES string of the molecule is Cc1ccc2c(CC(=O)NCc3cc([N+](=O)[O-])ccc3[O-])coc2c1C. The summed E-state index contributed by atoms with van der Waals surface area (Å²) in [6.07, 6.45) is 1.65. The number of nitrogens with one attached hydrogen (secondary N) is 1. The molecule has 0 radical (unpaired) electrons. The van der Waals surface area contributed by atoms with Crippen LogP contribution in [0.3, 0.4) is 0 Å². The van der Waals surface area contributed by atoms with Crippen LogP contribution in [0.4, 0.5) is 5.69 Å². The van der Waals surface area contributed by atoms with Gasteiger partial charge in [0.05, 0.1) is 17.6 Å². The number of nitro groups is 1. The molecule has 0 aliphatic rings. The molecule has 0 saturated heterocycles. The molecule has 3 aromatic rings. The van der Waals surface area contributed by atoms with Crippen molar-refractivity contribution in [3.05, 3.63) is 69.0 Å². The number of hydrogen-bond donors (Lipinski definition) is 1. The van der Waals surface area contributed by atoms with Crippen molar-refractivity contribution in [3.63, 3.8) is 0 Å². The third-order valence-electron chi connectivity index (χ3n) is 4.42. The van der Waals surface area contributed by atoms with Gasteiger partial charge in [0.2, 0.25) is 5.91 Å². The average molecular weight is 353 g/mol. The van der Waals surface area contributed by atoms with Crippen LogP contribution in [-0.4, -0.2) is 10.8 Å². The van der Waals surface area contributed by atoms with Crippen LogP contribution in [0.25, 0.3) is 11.0 Å². The molecule has 1 amide bonds. The van der Waals surface area contributed by atoms with Crippen LogP contribution in [0.5, 0.6) is 5.75 Å². The second kappa shape index (κ2) is 6.87. The Kier molecular flexibility index (Phi) is 4.62. The lowest BCUT2D eigenvalue weighted by atomic mass is 10.0. The predicted molar refractivity (Wildman–Crippen MR) is 93.8 cm³/mol. The van der Waals surface area contributed by atoms with Crippen molar-refractivity contribution in [1.29, 1.82) is 0 Å². The molecule has 1 N–H and O–H groups in total. The Morgan fingerprint density at radius 2 is 1.96 bits per heavy atom. The molecule has 1 heterocycles. The second-order valence-electron chi connectivity index (χ2n) is 6.15. The van der Waals surface area contributed by atoms with Gasteiger partial charge in [-0.15, -0.1) is 5.75 Å². The van der Waals surface area contributed by atoms with Gasteiger partial charge in [-0.05, 0) is 30.5 Å². The minimum Gasteiger partial charge on any atom is -0.872 e. The van der Waals surface area contributed by atoms with E-state index in [1.165, 1.54) is 6.07 Å². The molecule has 0 aliphatic carbocycles. The molecule has 7 heteroatoms. The maximum atomic E-state index is 12.2. The van der Waals surface area contributed by atoms with Crippen LogP contribution in [0, 0.1) is 24.0 Å². The third kappa shape index (κ3) is 3.37. The quantitative estimate of drug-likeness (QED) is 0.560. The maximum Gasteiger partial charge on any atom is 0.269 e. The Morgan fingerprint density at radius 3 is 2.69 bits per heavy atom. The highest BCUT2D eigenvalue weighted by Crippen LogP contribution is 2.27. The van der Waals surface area contributed by atoms with Crippen molar-refractivity contribution in [2.75, 3.05) is 0 Å². The fourth-order valence-electron chi connectivity index (χ4n) is 2.77. The topological polar surface area (TPSA) is 108 Å². The zero-order valence-electron chi connectivity index (χ0n) is 14.4. The van der Waals surface area contributed by atoms with Gasteiger partial charge in [-0.1, -0.05) is 18.2 Å². The Labute approximate surface area is 149 Å². The molecular weight excluding hydrogens is 336 g/mol. The number of nitrogens with zero attached hydrogens (tertiary/aromatic N) is 1. The van der Waals surface area contributed by atoms with Crippen LogP contribution in [0.2, 0.25) is 0 Å². The fourth-order valence-corrected chi connectivity index (χ4v) is 2.77. The first kappa shape index (κ1) is 17.5. The van der Waals surface area contributed by atoms with Gasteiger partial charge in [0.25, 0.3) is 5.69 Å². The second-order valence-corrected chi connectivity index (χ2v) is 6.15. The maximum absolute atomic E-state index is 12.2.